The van der Waals surface area contributed by atoms with Gasteiger partial charge in [-0.05, 0) is 132 Å². The first-order chi connectivity index (χ1) is 29.2. The third-order valence-corrected chi connectivity index (χ3v) is 11.3. The number of fused-ring (bicyclic) bond motifs is 4. The van der Waals surface area contributed by atoms with Gasteiger partial charge in [-0.15, -0.1) is 0 Å². The van der Waals surface area contributed by atoms with Crippen LogP contribution in [0.3, 0.4) is 0 Å². The molecular formula is C55H41N. The maximum Gasteiger partial charge on any atom is 0.0645 e. The van der Waals surface area contributed by atoms with E-state index in [0.29, 0.717) is 5.56 Å². The minimum absolute atomic E-state index is 0.0859. The van der Waals surface area contributed by atoms with Gasteiger partial charge in [0.1, 0.15) is 0 Å². The fraction of sp³-hybridized carbons (Fsp3) is 0.0545. The molecule has 0 N–H and O–H groups in total. The van der Waals surface area contributed by atoms with E-state index in [1.807, 2.05) is 77.7 Å². The smallest absolute Gasteiger partial charge is 0.0645 e. The van der Waals surface area contributed by atoms with E-state index < -0.39 is 0 Å². The molecule has 0 saturated carbocycles. The monoisotopic (exact) mass is 719 g/mol. The van der Waals surface area contributed by atoms with Crippen molar-refractivity contribution in [3.05, 3.63) is 223 Å². The summed E-state index contributed by atoms with van der Waals surface area (Å²) in [5, 5.41) is 2.41. The minimum Gasteiger partial charge on any atom is -0.310 e. The lowest BCUT2D eigenvalue weighted by atomic mass is 9.82. The van der Waals surface area contributed by atoms with E-state index in [2.05, 4.69) is 129 Å². The van der Waals surface area contributed by atoms with Crippen molar-refractivity contribution in [3.8, 4) is 55.6 Å². The van der Waals surface area contributed by atoms with Crippen molar-refractivity contribution in [2.75, 3.05) is 4.90 Å². The standard InChI is InChI=1S/C55H41N/c1-55(2)53-21-9-8-20-51(53)52-33-32-50(37-54(52)55)56(48-28-24-40(25-29-48)44-17-10-16-43(34-44)38-12-4-3-5-13-38)49-30-26-41(27-31-49)45-18-11-19-46(35-45)47-23-22-39-14-6-7-15-42(39)36-47/h3-37H,1-2H3/i24D,25D,28D,29D. The SMILES string of the molecule is [2H]c1c([2H])c(N(c2ccc(-c3cccc(-c4ccc5ccccc5c4)c3)cc2)c2ccc3c(c2)C(C)(C)c2ccccc2-3)c([2H])c([2H])c1-c1cccc(-c2ccccc2)c1. The summed E-state index contributed by atoms with van der Waals surface area (Å²) in [6.45, 7) is 4.47. The molecule has 0 unspecified atom stereocenters. The van der Waals surface area contributed by atoms with Gasteiger partial charge < -0.3 is 4.90 Å². The third kappa shape index (κ3) is 5.99. The molecule has 56 heavy (non-hydrogen) atoms. The van der Waals surface area contributed by atoms with Gasteiger partial charge in [-0.3, -0.25) is 0 Å². The van der Waals surface area contributed by atoms with Gasteiger partial charge in [0.2, 0.25) is 0 Å². The van der Waals surface area contributed by atoms with E-state index in [1.54, 1.807) is 0 Å². The zero-order valence-electron chi connectivity index (χ0n) is 35.3. The van der Waals surface area contributed by atoms with Crippen molar-refractivity contribution >= 4 is 27.8 Å². The molecule has 0 amide bonds. The molecule has 0 aromatic heterocycles. The lowest BCUT2D eigenvalue weighted by Crippen LogP contribution is -2.16. The van der Waals surface area contributed by atoms with Crippen molar-refractivity contribution in [2.45, 2.75) is 19.3 Å². The first-order valence-electron chi connectivity index (χ1n) is 21.2. The predicted octanol–water partition coefficient (Wildman–Crippen LogP) is 15.3. The second-order valence-electron chi connectivity index (χ2n) is 15.1. The van der Waals surface area contributed by atoms with Gasteiger partial charge >= 0.3 is 0 Å². The summed E-state index contributed by atoms with van der Waals surface area (Å²) in [4.78, 5) is 1.90. The molecule has 0 saturated heterocycles. The molecule has 0 radical (unpaired) electrons. The van der Waals surface area contributed by atoms with Gasteiger partial charge in [-0.2, -0.15) is 0 Å². The van der Waals surface area contributed by atoms with Crippen LogP contribution < -0.4 is 4.90 Å². The summed E-state index contributed by atoms with van der Waals surface area (Å²) in [6.07, 6.45) is 0. The summed E-state index contributed by atoms with van der Waals surface area (Å²) < 4.78 is 38.1. The molecule has 0 heterocycles. The Morgan fingerprint density at radius 1 is 0.339 bits per heavy atom. The van der Waals surface area contributed by atoms with Crippen molar-refractivity contribution in [1.29, 1.82) is 0 Å². The summed E-state index contributed by atoms with van der Waals surface area (Å²) >= 11 is 0. The molecule has 0 aliphatic heterocycles. The molecule has 1 aliphatic carbocycles. The molecular weight excluding hydrogens is 675 g/mol. The van der Waals surface area contributed by atoms with E-state index in [4.69, 9.17) is 0 Å². The molecule has 0 spiro atoms. The van der Waals surface area contributed by atoms with E-state index in [-0.39, 0.29) is 40.8 Å². The maximum atomic E-state index is 9.61. The summed E-state index contributed by atoms with van der Waals surface area (Å²) in [5.41, 5.74) is 13.4. The normalized spacial score (nSPS) is 13.6. The minimum atomic E-state index is -0.282. The molecule has 9 aromatic rings. The van der Waals surface area contributed by atoms with Crippen LogP contribution in [0.2, 0.25) is 0 Å². The summed E-state index contributed by atoms with van der Waals surface area (Å²) in [6, 6.07) is 63.9. The lowest BCUT2D eigenvalue weighted by molar-refractivity contribution is 0.660. The van der Waals surface area contributed by atoms with Crippen LogP contribution in [-0.4, -0.2) is 0 Å². The highest BCUT2D eigenvalue weighted by Crippen LogP contribution is 2.50. The van der Waals surface area contributed by atoms with Crippen molar-refractivity contribution in [3.63, 3.8) is 0 Å². The van der Waals surface area contributed by atoms with Crippen LogP contribution in [0.4, 0.5) is 17.1 Å². The van der Waals surface area contributed by atoms with E-state index in [9.17, 15) is 5.48 Å². The molecule has 0 atom stereocenters. The van der Waals surface area contributed by atoms with E-state index in [0.717, 1.165) is 55.9 Å². The fourth-order valence-corrected chi connectivity index (χ4v) is 8.34. The molecule has 10 rings (SSSR count). The number of rotatable bonds is 7. The number of anilines is 3. The Morgan fingerprint density at radius 2 is 0.857 bits per heavy atom. The zero-order valence-corrected chi connectivity index (χ0v) is 31.3. The first kappa shape index (κ1) is 29.4. The Bertz CT molecular complexity index is 3090. The highest BCUT2D eigenvalue weighted by Gasteiger charge is 2.35. The molecule has 1 heteroatoms. The van der Waals surface area contributed by atoms with Crippen molar-refractivity contribution < 1.29 is 5.48 Å². The van der Waals surface area contributed by atoms with E-state index >= 15 is 0 Å². The van der Waals surface area contributed by atoms with Crippen molar-refractivity contribution in [2.24, 2.45) is 0 Å². The second kappa shape index (κ2) is 13.7. The molecule has 0 fully saturated rings. The van der Waals surface area contributed by atoms with Crippen LogP contribution in [0.25, 0.3) is 66.4 Å². The van der Waals surface area contributed by atoms with Crippen LogP contribution in [0.1, 0.15) is 30.5 Å². The average molecular weight is 720 g/mol. The van der Waals surface area contributed by atoms with Gasteiger partial charge in [-0.25, -0.2) is 0 Å². The van der Waals surface area contributed by atoms with E-state index in [1.165, 1.54) is 21.9 Å². The lowest BCUT2D eigenvalue weighted by Gasteiger charge is -2.28. The second-order valence-corrected chi connectivity index (χ2v) is 15.1. The van der Waals surface area contributed by atoms with Gasteiger partial charge in [0.25, 0.3) is 0 Å². The third-order valence-electron chi connectivity index (χ3n) is 11.3. The Labute approximate surface area is 335 Å². The Balaban J connectivity index is 1.10. The Hall–Kier alpha value is -6.96. The highest BCUT2D eigenvalue weighted by atomic mass is 15.1. The molecule has 1 nitrogen and oxygen atoms in total. The van der Waals surface area contributed by atoms with Gasteiger partial charge in [0, 0.05) is 22.5 Å². The molecule has 0 bridgehead atoms. The van der Waals surface area contributed by atoms with Gasteiger partial charge in [-0.1, -0.05) is 172 Å². The Kier molecular flexibility index (Phi) is 7.20. The van der Waals surface area contributed by atoms with Gasteiger partial charge in [0.05, 0.1) is 5.48 Å². The van der Waals surface area contributed by atoms with Crippen LogP contribution in [0.5, 0.6) is 0 Å². The molecule has 266 valence electrons. The highest BCUT2D eigenvalue weighted by molar-refractivity contribution is 5.89. The topological polar surface area (TPSA) is 3.24 Å². The first-order valence-corrected chi connectivity index (χ1v) is 19.2. The zero-order chi connectivity index (χ0) is 41.1. The summed E-state index contributed by atoms with van der Waals surface area (Å²) in [7, 11) is 0. The molecule has 9 aromatic carbocycles. The number of hydrogen-bond donors (Lipinski definition) is 0. The van der Waals surface area contributed by atoms with Crippen LogP contribution in [0, 0.1) is 0 Å². The predicted molar refractivity (Wildman–Crippen MR) is 238 cm³/mol. The van der Waals surface area contributed by atoms with Crippen LogP contribution >= 0.6 is 0 Å². The molecule has 1 aliphatic rings. The largest absolute Gasteiger partial charge is 0.310 e. The van der Waals surface area contributed by atoms with Gasteiger partial charge in [0.15, 0.2) is 0 Å². The maximum absolute atomic E-state index is 9.61. The van der Waals surface area contributed by atoms with Crippen LogP contribution in [0.15, 0.2) is 212 Å². The summed E-state index contributed by atoms with van der Waals surface area (Å²) in [5.74, 6) is 0. The van der Waals surface area contributed by atoms with Crippen LogP contribution in [-0.2, 0) is 5.41 Å². The average Bonchev–Trinajstić information content (AvgIpc) is 3.52. The Morgan fingerprint density at radius 3 is 1.59 bits per heavy atom. The quantitative estimate of drug-likeness (QED) is 0.159. The number of nitrogens with zero attached hydrogens (tertiary/aromatic N) is 1. The number of hydrogen-bond acceptors (Lipinski definition) is 1. The fourth-order valence-electron chi connectivity index (χ4n) is 8.34. The number of benzene rings is 9. The van der Waals surface area contributed by atoms with Crippen molar-refractivity contribution in [1.82, 2.24) is 0 Å².